The Kier molecular flexibility index (Phi) is 6.56. The summed E-state index contributed by atoms with van der Waals surface area (Å²) in [6.07, 6.45) is 0.365. The number of piperazine rings is 2. The number of para-hydroxylation sites is 1. The molecule has 0 N–H and O–H groups in total. The lowest BCUT2D eigenvalue weighted by molar-refractivity contribution is -0.130. The van der Waals surface area contributed by atoms with E-state index in [1.807, 2.05) is 36.1 Å². The summed E-state index contributed by atoms with van der Waals surface area (Å²) in [5.74, 6) is 3.66. The van der Waals surface area contributed by atoms with Gasteiger partial charge in [-0.25, -0.2) is 9.97 Å². The van der Waals surface area contributed by atoms with Gasteiger partial charge in [-0.3, -0.25) is 4.79 Å². The van der Waals surface area contributed by atoms with E-state index in [4.69, 9.17) is 4.74 Å². The quantitative estimate of drug-likeness (QED) is 0.720. The van der Waals surface area contributed by atoms with Crippen molar-refractivity contribution >= 4 is 17.5 Å². The molecule has 0 aliphatic carbocycles. The fourth-order valence-electron chi connectivity index (χ4n) is 4.20. The number of amides is 1. The first-order valence-electron chi connectivity index (χ1n) is 11.0. The number of nitrogens with zero attached hydrogens (tertiary/aromatic N) is 6. The zero-order valence-corrected chi connectivity index (χ0v) is 18.8. The molecule has 2 aromatic rings. The van der Waals surface area contributed by atoms with E-state index in [1.54, 1.807) is 7.11 Å². The maximum atomic E-state index is 12.8. The Balaban J connectivity index is 1.38. The molecular weight excluding hydrogens is 392 g/mol. The molecule has 0 atom stereocenters. The van der Waals surface area contributed by atoms with Crippen molar-refractivity contribution in [3.05, 3.63) is 41.7 Å². The number of carbonyl (C=O) groups is 1. The fourth-order valence-corrected chi connectivity index (χ4v) is 4.20. The molecule has 2 fully saturated rings. The maximum absolute atomic E-state index is 12.8. The van der Waals surface area contributed by atoms with Crippen LogP contribution in [0.3, 0.4) is 0 Å². The molecule has 1 amide bonds. The van der Waals surface area contributed by atoms with Crippen molar-refractivity contribution < 1.29 is 9.53 Å². The second-order valence-corrected chi connectivity index (χ2v) is 8.28. The lowest BCUT2D eigenvalue weighted by Gasteiger charge is -2.37. The summed E-state index contributed by atoms with van der Waals surface area (Å²) in [4.78, 5) is 31.1. The zero-order chi connectivity index (χ0) is 21.8. The van der Waals surface area contributed by atoms with Gasteiger partial charge in [-0.1, -0.05) is 18.2 Å². The number of hydrogen-bond acceptors (Lipinski definition) is 7. The van der Waals surface area contributed by atoms with Crippen LogP contribution in [0.4, 0.5) is 11.6 Å². The summed E-state index contributed by atoms with van der Waals surface area (Å²) in [6.45, 7) is 8.95. The molecule has 2 saturated heterocycles. The summed E-state index contributed by atoms with van der Waals surface area (Å²) >= 11 is 0. The molecule has 4 rings (SSSR count). The Labute approximate surface area is 184 Å². The van der Waals surface area contributed by atoms with Gasteiger partial charge in [0.15, 0.2) is 0 Å². The van der Waals surface area contributed by atoms with Crippen LogP contribution in [0.5, 0.6) is 5.75 Å². The van der Waals surface area contributed by atoms with Crippen LogP contribution in [0.15, 0.2) is 30.3 Å². The summed E-state index contributed by atoms with van der Waals surface area (Å²) in [5.41, 5.74) is 0.931. The van der Waals surface area contributed by atoms with Gasteiger partial charge >= 0.3 is 0 Å². The minimum absolute atomic E-state index is 0.140. The van der Waals surface area contributed by atoms with Crippen LogP contribution in [-0.4, -0.2) is 92.2 Å². The molecule has 0 saturated carbocycles. The van der Waals surface area contributed by atoms with E-state index in [0.29, 0.717) is 19.5 Å². The lowest BCUT2D eigenvalue weighted by Crippen LogP contribution is -2.49. The molecule has 31 heavy (non-hydrogen) atoms. The Bertz CT molecular complexity index is 905. The van der Waals surface area contributed by atoms with Gasteiger partial charge < -0.3 is 24.3 Å². The number of hydrogen-bond donors (Lipinski definition) is 0. The Morgan fingerprint density at radius 3 is 2.13 bits per heavy atom. The first-order chi connectivity index (χ1) is 15.0. The van der Waals surface area contributed by atoms with Crippen LogP contribution in [-0.2, 0) is 11.2 Å². The highest BCUT2D eigenvalue weighted by Crippen LogP contribution is 2.23. The number of rotatable bonds is 5. The van der Waals surface area contributed by atoms with Crippen LogP contribution in [0, 0.1) is 6.92 Å². The maximum Gasteiger partial charge on any atom is 0.227 e. The highest BCUT2D eigenvalue weighted by molar-refractivity contribution is 5.79. The molecule has 0 unspecified atom stereocenters. The van der Waals surface area contributed by atoms with Crippen molar-refractivity contribution in [3.8, 4) is 5.75 Å². The molecule has 3 heterocycles. The van der Waals surface area contributed by atoms with Gasteiger partial charge in [-0.2, -0.15) is 0 Å². The van der Waals surface area contributed by atoms with Gasteiger partial charge in [-0.05, 0) is 20.0 Å². The standard InChI is InChI=1S/C23H32N6O2/c1-18-24-21(27-10-8-26(2)9-11-27)17-22(25-18)28-12-14-29(15-13-28)23(30)16-19-6-4-5-7-20(19)31-3/h4-7,17H,8-16H2,1-3H3. The topological polar surface area (TPSA) is 65.0 Å². The fraction of sp³-hybridized carbons (Fsp3) is 0.522. The zero-order valence-electron chi connectivity index (χ0n) is 18.8. The third-order valence-electron chi connectivity index (χ3n) is 6.13. The van der Waals surface area contributed by atoms with Gasteiger partial charge in [0.05, 0.1) is 13.5 Å². The molecule has 0 bridgehead atoms. The van der Waals surface area contributed by atoms with E-state index in [2.05, 4.69) is 37.8 Å². The first-order valence-corrected chi connectivity index (χ1v) is 11.0. The van der Waals surface area contributed by atoms with Gasteiger partial charge in [-0.15, -0.1) is 0 Å². The average molecular weight is 425 g/mol. The van der Waals surface area contributed by atoms with Gasteiger partial charge in [0, 0.05) is 64.0 Å². The van der Waals surface area contributed by atoms with Gasteiger partial charge in [0.25, 0.3) is 0 Å². The number of ether oxygens (including phenoxy) is 1. The molecule has 8 nitrogen and oxygen atoms in total. The van der Waals surface area contributed by atoms with E-state index in [-0.39, 0.29) is 5.91 Å². The largest absolute Gasteiger partial charge is 0.496 e. The van der Waals surface area contributed by atoms with Crippen LogP contribution < -0.4 is 14.5 Å². The molecule has 1 aromatic heterocycles. The molecule has 2 aliphatic rings. The number of methoxy groups -OCH3 is 1. The minimum Gasteiger partial charge on any atom is -0.496 e. The summed E-state index contributed by atoms with van der Waals surface area (Å²) in [5, 5.41) is 0. The van der Waals surface area contributed by atoms with E-state index in [9.17, 15) is 4.79 Å². The molecule has 2 aliphatic heterocycles. The summed E-state index contributed by atoms with van der Waals surface area (Å²) < 4.78 is 5.39. The van der Waals surface area contributed by atoms with Crippen molar-refractivity contribution in [1.29, 1.82) is 0 Å². The monoisotopic (exact) mass is 424 g/mol. The SMILES string of the molecule is COc1ccccc1CC(=O)N1CCN(c2cc(N3CCN(C)CC3)nc(C)n2)CC1. The van der Waals surface area contributed by atoms with E-state index in [0.717, 1.165) is 68.0 Å². The van der Waals surface area contributed by atoms with Crippen molar-refractivity contribution in [2.24, 2.45) is 0 Å². The molecule has 1 aromatic carbocycles. The van der Waals surface area contributed by atoms with Gasteiger partial charge in [0.2, 0.25) is 5.91 Å². The number of anilines is 2. The molecule has 0 spiro atoms. The van der Waals surface area contributed by atoms with Crippen LogP contribution in [0.2, 0.25) is 0 Å². The van der Waals surface area contributed by atoms with E-state index >= 15 is 0 Å². The number of benzene rings is 1. The normalized spacial score (nSPS) is 17.7. The predicted molar refractivity (Wildman–Crippen MR) is 122 cm³/mol. The summed E-state index contributed by atoms with van der Waals surface area (Å²) in [7, 11) is 3.80. The van der Waals surface area contributed by atoms with Crippen molar-refractivity contribution in [2.75, 3.05) is 76.3 Å². The minimum atomic E-state index is 0.140. The average Bonchev–Trinajstić information content (AvgIpc) is 2.79. The Morgan fingerprint density at radius 2 is 1.52 bits per heavy atom. The molecule has 166 valence electrons. The predicted octanol–water partition coefficient (Wildman–Crippen LogP) is 1.44. The second-order valence-electron chi connectivity index (χ2n) is 8.28. The molecular formula is C23H32N6O2. The van der Waals surface area contributed by atoms with Crippen molar-refractivity contribution in [1.82, 2.24) is 19.8 Å². The first kappa shape index (κ1) is 21.4. The van der Waals surface area contributed by atoms with Crippen LogP contribution in [0.1, 0.15) is 11.4 Å². The number of aryl methyl sites for hydroxylation is 1. The third kappa shape index (κ3) is 5.07. The van der Waals surface area contributed by atoms with E-state index < -0.39 is 0 Å². The number of aromatic nitrogens is 2. The second kappa shape index (κ2) is 9.51. The number of likely N-dealkylation sites (N-methyl/N-ethyl adjacent to an activating group) is 1. The lowest BCUT2D eigenvalue weighted by atomic mass is 10.1. The Hall–Kier alpha value is -2.87. The highest BCUT2D eigenvalue weighted by Gasteiger charge is 2.24. The molecule has 8 heteroatoms. The molecule has 0 radical (unpaired) electrons. The Morgan fingerprint density at radius 1 is 0.935 bits per heavy atom. The van der Waals surface area contributed by atoms with Crippen molar-refractivity contribution in [2.45, 2.75) is 13.3 Å². The third-order valence-corrected chi connectivity index (χ3v) is 6.13. The van der Waals surface area contributed by atoms with Gasteiger partial charge in [0.1, 0.15) is 23.2 Å². The smallest absolute Gasteiger partial charge is 0.227 e. The summed E-state index contributed by atoms with van der Waals surface area (Å²) in [6, 6.07) is 9.82. The number of carbonyl (C=O) groups excluding carboxylic acids is 1. The van der Waals surface area contributed by atoms with Crippen LogP contribution >= 0.6 is 0 Å². The highest BCUT2D eigenvalue weighted by atomic mass is 16.5. The van der Waals surface area contributed by atoms with Crippen molar-refractivity contribution in [3.63, 3.8) is 0 Å². The van der Waals surface area contributed by atoms with Crippen LogP contribution in [0.25, 0.3) is 0 Å². The van der Waals surface area contributed by atoms with E-state index in [1.165, 1.54) is 0 Å².